The van der Waals surface area contributed by atoms with Gasteiger partial charge in [-0.3, -0.25) is 0 Å². The molecule has 0 saturated carbocycles. The van der Waals surface area contributed by atoms with Crippen LogP contribution in [0.4, 0.5) is 5.95 Å². The van der Waals surface area contributed by atoms with Gasteiger partial charge in [0.05, 0.1) is 5.69 Å². The summed E-state index contributed by atoms with van der Waals surface area (Å²) in [5, 5.41) is 3.45. The maximum absolute atomic E-state index is 5.17. The highest BCUT2D eigenvalue weighted by Gasteiger charge is 2.30. The average Bonchev–Trinajstić information content (AvgIpc) is 2.92. The fraction of sp³-hybridized carbons (Fsp3) is 0.812. The Morgan fingerprint density at radius 2 is 2.10 bits per heavy atom. The Balaban J connectivity index is 2.06. The fourth-order valence-corrected chi connectivity index (χ4v) is 2.88. The molecule has 0 atom stereocenters. The second kappa shape index (κ2) is 7.27. The van der Waals surface area contributed by atoms with Crippen LogP contribution in [0.5, 0.6) is 0 Å². The maximum Gasteiger partial charge on any atom is 0.205 e. The molecule has 0 aliphatic carbocycles. The van der Waals surface area contributed by atoms with Gasteiger partial charge in [0.25, 0.3) is 0 Å². The van der Waals surface area contributed by atoms with Crippen molar-refractivity contribution in [3.63, 3.8) is 0 Å². The van der Waals surface area contributed by atoms with E-state index in [9.17, 15) is 0 Å². The van der Waals surface area contributed by atoms with Crippen LogP contribution >= 0.6 is 0 Å². The standard InChI is InChI=1S/C16H30N4O/c1-5-14-13-20(9-6-12-21-4)15(18-14)19-10-7-16(2,17-3)8-11-19/h13,17H,5-12H2,1-4H3. The summed E-state index contributed by atoms with van der Waals surface area (Å²) >= 11 is 0. The molecule has 5 heteroatoms. The number of aromatic nitrogens is 2. The molecule has 0 bridgehead atoms. The van der Waals surface area contributed by atoms with Crippen LogP contribution < -0.4 is 10.2 Å². The van der Waals surface area contributed by atoms with E-state index in [-0.39, 0.29) is 5.54 Å². The molecule has 1 fully saturated rings. The Hall–Kier alpha value is -1.07. The van der Waals surface area contributed by atoms with Gasteiger partial charge in [-0.25, -0.2) is 4.98 Å². The molecule has 5 nitrogen and oxygen atoms in total. The van der Waals surface area contributed by atoms with Crippen LogP contribution in [0.25, 0.3) is 0 Å². The third-order valence-corrected chi connectivity index (χ3v) is 4.67. The van der Waals surface area contributed by atoms with E-state index in [1.54, 1.807) is 7.11 Å². The van der Waals surface area contributed by atoms with Gasteiger partial charge in [0.15, 0.2) is 0 Å². The number of rotatable bonds is 7. The predicted molar refractivity (Wildman–Crippen MR) is 87.0 cm³/mol. The number of hydrogen-bond acceptors (Lipinski definition) is 4. The van der Waals surface area contributed by atoms with E-state index in [0.29, 0.717) is 0 Å². The largest absolute Gasteiger partial charge is 0.385 e. The van der Waals surface area contributed by atoms with Crippen molar-refractivity contribution in [2.45, 2.75) is 51.6 Å². The lowest BCUT2D eigenvalue weighted by Gasteiger charge is -2.39. The Bertz CT molecular complexity index is 435. The van der Waals surface area contributed by atoms with Gasteiger partial charge in [0.2, 0.25) is 5.95 Å². The summed E-state index contributed by atoms with van der Waals surface area (Å²) < 4.78 is 7.47. The monoisotopic (exact) mass is 294 g/mol. The molecule has 1 aliphatic rings. The molecule has 1 N–H and O–H groups in total. The summed E-state index contributed by atoms with van der Waals surface area (Å²) in [6.45, 7) is 8.41. The van der Waals surface area contributed by atoms with Gasteiger partial charge in [-0.15, -0.1) is 0 Å². The van der Waals surface area contributed by atoms with Crippen LogP contribution in [0.15, 0.2) is 6.20 Å². The number of nitrogens with one attached hydrogen (secondary N) is 1. The quantitative estimate of drug-likeness (QED) is 0.782. The normalized spacial score (nSPS) is 18.2. The molecule has 2 heterocycles. The lowest BCUT2D eigenvalue weighted by molar-refractivity contribution is 0.190. The minimum atomic E-state index is 0.275. The molecule has 0 radical (unpaired) electrons. The first-order chi connectivity index (χ1) is 10.1. The van der Waals surface area contributed by atoms with Gasteiger partial charge in [-0.05, 0) is 39.7 Å². The zero-order valence-electron chi connectivity index (χ0n) is 14.0. The van der Waals surface area contributed by atoms with E-state index < -0.39 is 0 Å². The first kappa shape index (κ1) is 16.3. The Labute approximate surface area is 128 Å². The van der Waals surface area contributed by atoms with Gasteiger partial charge in [0, 0.05) is 45.1 Å². The number of piperidine rings is 1. The van der Waals surface area contributed by atoms with Crippen molar-refractivity contribution >= 4 is 5.95 Å². The Morgan fingerprint density at radius 3 is 2.67 bits per heavy atom. The van der Waals surface area contributed by atoms with Crippen molar-refractivity contribution in [2.75, 3.05) is 38.8 Å². The van der Waals surface area contributed by atoms with Crippen LogP contribution in [0.2, 0.25) is 0 Å². The van der Waals surface area contributed by atoms with Gasteiger partial charge >= 0.3 is 0 Å². The SMILES string of the molecule is CCc1cn(CCCOC)c(N2CCC(C)(NC)CC2)n1. The summed E-state index contributed by atoms with van der Waals surface area (Å²) in [6, 6.07) is 0. The highest BCUT2D eigenvalue weighted by Crippen LogP contribution is 2.25. The lowest BCUT2D eigenvalue weighted by atomic mass is 9.90. The molecule has 1 aromatic rings. The van der Waals surface area contributed by atoms with Gasteiger partial charge in [0.1, 0.15) is 0 Å². The summed E-state index contributed by atoms with van der Waals surface area (Å²) in [6.07, 6.45) is 6.56. The number of anilines is 1. The van der Waals surface area contributed by atoms with E-state index >= 15 is 0 Å². The summed E-state index contributed by atoms with van der Waals surface area (Å²) in [5.41, 5.74) is 1.46. The minimum absolute atomic E-state index is 0.275. The number of ether oxygens (including phenoxy) is 1. The summed E-state index contributed by atoms with van der Waals surface area (Å²) in [4.78, 5) is 7.27. The van der Waals surface area contributed by atoms with Gasteiger partial charge in [-0.1, -0.05) is 6.92 Å². The molecule has 0 aromatic carbocycles. The molecular weight excluding hydrogens is 264 g/mol. The van der Waals surface area contributed by atoms with E-state index in [1.165, 1.54) is 5.69 Å². The number of imidazole rings is 1. The highest BCUT2D eigenvalue weighted by atomic mass is 16.5. The van der Waals surface area contributed by atoms with Crippen molar-refractivity contribution in [3.8, 4) is 0 Å². The van der Waals surface area contributed by atoms with E-state index in [1.807, 2.05) is 0 Å². The molecule has 120 valence electrons. The molecule has 1 saturated heterocycles. The molecule has 0 spiro atoms. The second-order valence-corrected chi connectivity index (χ2v) is 6.22. The van der Waals surface area contributed by atoms with Crippen molar-refractivity contribution in [3.05, 3.63) is 11.9 Å². The van der Waals surface area contributed by atoms with E-state index in [0.717, 1.165) is 57.9 Å². The molecule has 21 heavy (non-hydrogen) atoms. The van der Waals surface area contributed by atoms with Crippen LogP contribution in [0.3, 0.4) is 0 Å². The predicted octanol–water partition coefficient (Wildman–Crippen LogP) is 2.06. The van der Waals surface area contributed by atoms with Crippen molar-refractivity contribution in [1.82, 2.24) is 14.9 Å². The zero-order chi connectivity index (χ0) is 15.3. The molecule has 0 amide bonds. The van der Waals surface area contributed by atoms with Crippen molar-refractivity contribution < 1.29 is 4.74 Å². The number of aryl methyl sites for hydroxylation is 2. The smallest absolute Gasteiger partial charge is 0.205 e. The molecule has 1 aromatic heterocycles. The van der Waals surface area contributed by atoms with Crippen molar-refractivity contribution in [2.24, 2.45) is 0 Å². The van der Waals surface area contributed by atoms with Crippen LogP contribution in [0.1, 0.15) is 38.8 Å². The summed E-state index contributed by atoms with van der Waals surface area (Å²) in [5.74, 6) is 1.14. The number of hydrogen-bond donors (Lipinski definition) is 1. The topological polar surface area (TPSA) is 42.3 Å². The Kier molecular flexibility index (Phi) is 5.65. The summed E-state index contributed by atoms with van der Waals surface area (Å²) in [7, 11) is 3.83. The third-order valence-electron chi connectivity index (χ3n) is 4.67. The fourth-order valence-electron chi connectivity index (χ4n) is 2.88. The minimum Gasteiger partial charge on any atom is -0.385 e. The van der Waals surface area contributed by atoms with E-state index in [4.69, 9.17) is 9.72 Å². The number of methoxy groups -OCH3 is 1. The number of nitrogens with zero attached hydrogens (tertiary/aromatic N) is 3. The second-order valence-electron chi connectivity index (χ2n) is 6.22. The maximum atomic E-state index is 5.17. The molecule has 0 unspecified atom stereocenters. The first-order valence-electron chi connectivity index (χ1n) is 8.10. The van der Waals surface area contributed by atoms with Gasteiger partial charge in [-0.2, -0.15) is 0 Å². The van der Waals surface area contributed by atoms with Crippen LogP contribution in [-0.4, -0.2) is 48.9 Å². The Morgan fingerprint density at radius 1 is 1.38 bits per heavy atom. The molecular formula is C16H30N4O. The zero-order valence-corrected chi connectivity index (χ0v) is 14.0. The lowest BCUT2D eigenvalue weighted by Crippen LogP contribution is -2.50. The van der Waals surface area contributed by atoms with Gasteiger partial charge < -0.3 is 19.5 Å². The molecule has 1 aliphatic heterocycles. The average molecular weight is 294 g/mol. The molecule has 2 rings (SSSR count). The highest BCUT2D eigenvalue weighted by molar-refractivity contribution is 5.35. The van der Waals surface area contributed by atoms with Crippen molar-refractivity contribution in [1.29, 1.82) is 0 Å². The third kappa shape index (κ3) is 3.98. The van der Waals surface area contributed by atoms with Crippen LogP contribution in [0, 0.1) is 0 Å². The van der Waals surface area contributed by atoms with E-state index in [2.05, 4.69) is 41.9 Å². The van der Waals surface area contributed by atoms with Crippen LogP contribution in [-0.2, 0) is 17.7 Å². The first-order valence-corrected chi connectivity index (χ1v) is 8.10.